The highest BCUT2D eigenvalue weighted by Gasteiger charge is 2.13. The van der Waals surface area contributed by atoms with Crippen molar-refractivity contribution in [2.24, 2.45) is 0 Å². The van der Waals surface area contributed by atoms with Crippen molar-refractivity contribution in [2.45, 2.75) is 33.2 Å². The zero-order valence-corrected chi connectivity index (χ0v) is 12.7. The number of amides is 1. The number of rotatable bonds is 5. The maximum absolute atomic E-state index is 13.4. The third-order valence-electron chi connectivity index (χ3n) is 2.72. The van der Waals surface area contributed by atoms with Crippen LogP contribution in [0.3, 0.4) is 0 Å². The molecule has 0 bridgehead atoms. The van der Waals surface area contributed by atoms with Gasteiger partial charge in [0.05, 0.1) is 0 Å². The molecule has 0 saturated carbocycles. The van der Waals surface area contributed by atoms with Crippen LogP contribution in [0.25, 0.3) is 0 Å². The summed E-state index contributed by atoms with van der Waals surface area (Å²) in [4.78, 5) is 11.7. The SMILES string of the molecule is CCCNC(=O)[C@@H](C)NC(=S)Nc1ccc(C)c(F)c1. The fraction of sp³-hybridized carbons (Fsp3) is 0.429. The average molecular weight is 297 g/mol. The van der Waals surface area contributed by atoms with Gasteiger partial charge in [-0.25, -0.2) is 4.39 Å². The summed E-state index contributed by atoms with van der Waals surface area (Å²) in [5, 5.41) is 8.76. The lowest BCUT2D eigenvalue weighted by Crippen LogP contribution is -2.46. The van der Waals surface area contributed by atoms with E-state index >= 15 is 0 Å². The van der Waals surface area contributed by atoms with Crippen LogP contribution in [0.4, 0.5) is 10.1 Å². The van der Waals surface area contributed by atoms with Crippen molar-refractivity contribution in [3.63, 3.8) is 0 Å². The van der Waals surface area contributed by atoms with Gasteiger partial charge in [0.15, 0.2) is 5.11 Å². The number of thiocarbonyl (C=S) groups is 1. The van der Waals surface area contributed by atoms with Gasteiger partial charge >= 0.3 is 0 Å². The summed E-state index contributed by atoms with van der Waals surface area (Å²) in [5.41, 5.74) is 1.12. The van der Waals surface area contributed by atoms with E-state index in [1.165, 1.54) is 6.07 Å². The molecule has 1 rings (SSSR count). The topological polar surface area (TPSA) is 53.2 Å². The largest absolute Gasteiger partial charge is 0.354 e. The van der Waals surface area contributed by atoms with Gasteiger partial charge in [-0.05, 0) is 50.2 Å². The van der Waals surface area contributed by atoms with Crippen molar-refractivity contribution >= 4 is 28.9 Å². The number of nitrogens with one attached hydrogen (secondary N) is 3. The number of carbonyl (C=O) groups excluding carboxylic acids is 1. The number of benzene rings is 1. The Labute approximate surface area is 124 Å². The van der Waals surface area contributed by atoms with Crippen LogP contribution in [0.15, 0.2) is 18.2 Å². The third-order valence-corrected chi connectivity index (χ3v) is 2.94. The maximum atomic E-state index is 13.4. The van der Waals surface area contributed by atoms with Gasteiger partial charge in [-0.1, -0.05) is 13.0 Å². The van der Waals surface area contributed by atoms with Crippen LogP contribution in [0.5, 0.6) is 0 Å². The minimum absolute atomic E-state index is 0.119. The highest BCUT2D eigenvalue weighted by Crippen LogP contribution is 2.13. The van der Waals surface area contributed by atoms with Gasteiger partial charge < -0.3 is 16.0 Å². The van der Waals surface area contributed by atoms with E-state index in [-0.39, 0.29) is 16.8 Å². The van der Waals surface area contributed by atoms with E-state index in [2.05, 4.69) is 16.0 Å². The summed E-state index contributed by atoms with van der Waals surface area (Å²) < 4.78 is 13.4. The molecule has 0 fully saturated rings. The summed E-state index contributed by atoms with van der Waals surface area (Å²) >= 11 is 5.10. The van der Waals surface area contributed by atoms with Gasteiger partial charge in [-0.2, -0.15) is 0 Å². The molecule has 0 aliphatic heterocycles. The molecule has 110 valence electrons. The molecule has 1 aromatic carbocycles. The van der Waals surface area contributed by atoms with Crippen molar-refractivity contribution in [3.8, 4) is 0 Å². The third kappa shape index (κ3) is 5.13. The van der Waals surface area contributed by atoms with Crippen LogP contribution in [-0.4, -0.2) is 23.6 Å². The van der Waals surface area contributed by atoms with E-state index in [1.54, 1.807) is 26.0 Å². The van der Waals surface area contributed by atoms with Gasteiger partial charge in [0, 0.05) is 12.2 Å². The zero-order valence-electron chi connectivity index (χ0n) is 11.9. The minimum Gasteiger partial charge on any atom is -0.354 e. The Hall–Kier alpha value is -1.69. The highest BCUT2D eigenvalue weighted by molar-refractivity contribution is 7.80. The van der Waals surface area contributed by atoms with Crippen LogP contribution >= 0.6 is 12.2 Å². The maximum Gasteiger partial charge on any atom is 0.242 e. The summed E-state index contributed by atoms with van der Waals surface area (Å²) in [6.07, 6.45) is 0.879. The highest BCUT2D eigenvalue weighted by atomic mass is 32.1. The number of halogens is 1. The predicted molar refractivity (Wildman–Crippen MR) is 83.3 cm³/mol. The molecule has 20 heavy (non-hydrogen) atoms. The van der Waals surface area contributed by atoms with Gasteiger partial charge in [-0.15, -0.1) is 0 Å². The van der Waals surface area contributed by atoms with Crippen LogP contribution in [0.1, 0.15) is 25.8 Å². The second-order valence-corrected chi connectivity index (χ2v) is 4.98. The van der Waals surface area contributed by atoms with Crippen LogP contribution in [0.2, 0.25) is 0 Å². The predicted octanol–water partition coefficient (Wildman–Crippen LogP) is 2.34. The van der Waals surface area contributed by atoms with Gasteiger partial charge in [0.2, 0.25) is 5.91 Å². The van der Waals surface area contributed by atoms with E-state index in [0.717, 1.165) is 6.42 Å². The summed E-state index contributed by atoms with van der Waals surface area (Å²) in [6, 6.07) is 4.31. The fourth-order valence-corrected chi connectivity index (χ4v) is 1.80. The Morgan fingerprint density at radius 2 is 2.15 bits per heavy atom. The average Bonchev–Trinajstić information content (AvgIpc) is 2.40. The first kappa shape index (κ1) is 16.4. The van der Waals surface area contributed by atoms with Crippen LogP contribution in [-0.2, 0) is 4.79 Å². The molecule has 6 heteroatoms. The molecule has 0 aliphatic carbocycles. The summed E-state index contributed by atoms with van der Waals surface area (Å²) in [7, 11) is 0. The molecule has 0 heterocycles. The van der Waals surface area contributed by atoms with Crippen LogP contribution in [0, 0.1) is 12.7 Å². The first-order valence-electron chi connectivity index (χ1n) is 6.55. The molecular weight excluding hydrogens is 277 g/mol. The van der Waals surface area contributed by atoms with Crippen molar-refractivity contribution in [2.75, 3.05) is 11.9 Å². The minimum atomic E-state index is -0.447. The van der Waals surface area contributed by atoms with Gasteiger partial charge in [-0.3, -0.25) is 4.79 Å². The zero-order chi connectivity index (χ0) is 15.1. The molecular formula is C14H20FN3OS. The number of hydrogen-bond acceptors (Lipinski definition) is 2. The Bertz CT molecular complexity index is 493. The standard InChI is InChI=1S/C14H20FN3OS/c1-4-7-16-13(19)10(3)17-14(20)18-11-6-5-9(2)12(15)8-11/h5-6,8,10H,4,7H2,1-3H3,(H,16,19)(H2,17,18,20)/t10-/m1/s1. The van der Waals surface area contributed by atoms with Crippen LogP contribution < -0.4 is 16.0 Å². The van der Waals surface area contributed by atoms with Crippen molar-refractivity contribution in [3.05, 3.63) is 29.6 Å². The molecule has 0 aliphatic rings. The Kier molecular flexibility index (Phi) is 6.38. The van der Waals surface area contributed by atoms with E-state index in [4.69, 9.17) is 12.2 Å². The molecule has 3 N–H and O–H groups in total. The molecule has 4 nitrogen and oxygen atoms in total. The lowest BCUT2D eigenvalue weighted by atomic mass is 10.2. The van der Waals surface area contributed by atoms with E-state index < -0.39 is 6.04 Å². The lowest BCUT2D eigenvalue weighted by Gasteiger charge is -2.16. The van der Waals surface area contributed by atoms with Gasteiger partial charge in [0.1, 0.15) is 11.9 Å². The molecule has 1 aromatic rings. The molecule has 0 saturated heterocycles. The number of hydrogen-bond donors (Lipinski definition) is 3. The lowest BCUT2D eigenvalue weighted by molar-refractivity contribution is -0.122. The fourth-order valence-electron chi connectivity index (χ4n) is 1.50. The van der Waals surface area contributed by atoms with E-state index in [1.807, 2.05) is 6.92 Å². The Morgan fingerprint density at radius 1 is 1.45 bits per heavy atom. The summed E-state index contributed by atoms with van der Waals surface area (Å²) in [6.45, 7) is 6.02. The molecule has 0 spiro atoms. The second-order valence-electron chi connectivity index (χ2n) is 4.58. The smallest absolute Gasteiger partial charge is 0.242 e. The molecule has 0 unspecified atom stereocenters. The molecule has 1 atom stereocenters. The normalized spacial score (nSPS) is 11.6. The quantitative estimate of drug-likeness (QED) is 0.730. The summed E-state index contributed by atoms with van der Waals surface area (Å²) in [5.74, 6) is -0.419. The number of carbonyl (C=O) groups is 1. The van der Waals surface area contributed by atoms with E-state index in [0.29, 0.717) is 17.8 Å². The van der Waals surface area contributed by atoms with Gasteiger partial charge in [0.25, 0.3) is 0 Å². The Morgan fingerprint density at radius 3 is 2.75 bits per heavy atom. The Balaban J connectivity index is 2.50. The molecule has 0 radical (unpaired) electrons. The van der Waals surface area contributed by atoms with E-state index in [9.17, 15) is 9.18 Å². The van der Waals surface area contributed by atoms with Crippen molar-refractivity contribution in [1.29, 1.82) is 0 Å². The number of aryl methyl sites for hydroxylation is 1. The first-order valence-corrected chi connectivity index (χ1v) is 6.96. The monoisotopic (exact) mass is 297 g/mol. The van der Waals surface area contributed by atoms with Crippen molar-refractivity contribution in [1.82, 2.24) is 10.6 Å². The first-order chi connectivity index (χ1) is 9.43. The molecule has 1 amide bonds. The van der Waals surface area contributed by atoms with Crippen molar-refractivity contribution < 1.29 is 9.18 Å². The number of anilines is 1. The second kappa shape index (κ2) is 7.79. The molecule has 0 aromatic heterocycles.